The number of ether oxygens (including phenoxy) is 6. The Labute approximate surface area is 299 Å². The summed E-state index contributed by atoms with van der Waals surface area (Å²) in [5.74, 6) is -3.75. The minimum atomic E-state index is -2.03. The van der Waals surface area contributed by atoms with Gasteiger partial charge in [-0.05, 0) is 58.4 Å². The van der Waals surface area contributed by atoms with Gasteiger partial charge in [0.2, 0.25) is 12.2 Å². The monoisotopic (exact) mass is 710 g/mol. The molecule has 3 aliphatic rings. The molecule has 4 aromatic rings. The molecule has 0 radical (unpaired) electrons. The highest BCUT2D eigenvalue weighted by Gasteiger charge is 2.43. The molecule has 2 N–H and O–H groups in total. The zero-order valence-electron chi connectivity index (χ0n) is 28.7. The van der Waals surface area contributed by atoms with Crippen LogP contribution in [0.1, 0.15) is 58.4 Å². The second-order valence-electron chi connectivity index (χ2n) is 12.3. The summed E-state index contributed by atoms with van der Waals surface area (Å²) in [4.78, 5) is 53.1. The first-order chi connectivity index (χ1) is 25.2. The van der Waals surface area contributed by atoms with Crippen LogP contribution in [0.2, 0.25) is 0 Å². The Morgan fingerprint density at radius 3 is 1.13 bits per heavy atom. The fourth-order valence-electron chi connectivity index (χ4n) is 6.41. The van der Waals surface area contributed by atoms with Crippen LogP contribution in [0.15, 0.2) is 72.8 Å². The molecular weight excluding hydrogens is 672 g/mol. The van der Waals surface area contributed by atoms with Crippen LogP contribution in [-0.4, -0.2) is 72.7 Å². The quantitative estimate of drug-likeness (QED) is 0.153. The van der Waals surface area contributed by atoms with E-state index in [1.54, 1.807) is 48.5 Å². The highest BCUT2D eigenvalue weighted by molar-refractivity contribution is 5.89. The first-order valence-electron chi connectivity index (χ1n) is 17.0. The predicted octanol–water partition coefficient (Wildman–Crippen LogP) is 4.50. The van der Waals surface area contributed by atoms with Crippen molar-refractivity contribution in [3.8, 4) is 23.0 Å². The molecule has 0 fully saturated rings. The lowest BCUT2D eigenvalue weighted by Crippen LogP contribution is -2.48. The molecule has 0 aromatic heterocycles. The van der Waals surface area contributed by atoms with Crippen LogP contribution in [0.25, 0.3) is 0 Å². The summed E-state index contributed by atoms with van der Waals surface area (Å²) >= 11 is 0. The van der Waals surface area contributed by atoms with Crippen LogP contribution >= 0.6 is 0 Å². The van der Waals surface area contributed by atoms with Crippen molar-refractivity contribution in [1.82, 2.24) is 0 Å². The lowest BCUT2D eigenvalue weighted by Gasteiger charge is -2.24. The van der Waals surface area contributed by atoms with E-state index in [9.17, 15) is 29.4 Å². The van der Waals surface area contributed by atoms with Crippen LogP contribution in [0.4, 0.5) is 0 Å². The van der Waals surface area contributed by atoms with Crippen molar-refractivity contribution < 1.29 is 57.8 Å². The normalized spacial score (nSPS) is 17.3. The summed E-state index contributed by atoms with van der Waals surface area (Å²) in [6, 6.07) is 21.6. The van der Waals surface area contributed by atoms with Crippen molar-refractivity contribution in [1.29, 1.82) is 0 Å². The molecule has 1 aliphatic carbocycles. The minimum Gasteiger partial charge on any atom is -0.507 e. The topological polar surface area (TPSA) is 164 Å². The number of phenols is 2. The zero-order valence-corrected chi connectivity index (χ0v) is 28.7. The first kappa shape index (κ1) is 35.8. The number of rotatable bonds is 4. The molecule has 0 saturated carbocycles. The van der Waals surface area contributed by atoms with Crippen molar-refractivity contribution in [2.75, 3.05) is 26.4 Å². The fourth-order valence-corrected chi connectivity index (χ4v) is 6.41. The van der Waals surface area contributed by atoms with Gasteiger partial charge >= 0.3 is 23.9 Å². The number of carbonyl (C=O) groups is 4. The van der Waals surface area contributed by atoms with Gasteiger partial charge in [-0.15, -0.1) is 0 Å². The maximum absolute atomic E-state index is 13.4. The number of fused-ring (bicyclic) bond motifs is 9. The van der Waals surface area contributed by atoms with E-state index in [1.807, 2.05) is 24.3 Å². The summed E-state index contributed by atoms with van der Waals surface area (Å²) in [7, 11) is 0. The summed E-state index contributed by atoms with van der Waals surface area (Å²) in [5, 5.41) is 23.1. The van der Waals surface area contributed by atoms with E-state index in [1.165, 1.54) is 13.8 Å². The second kappa shape index (κ2) is 15.9. The highest BCUT2D eigenvalue weighted by Crippen LogP contribution is 2.38. The third-order valence-electron chi connectivity index (χ3n) is 8.78. The van der Waals surface area contributed by atoms with Gasteiger partial charge in [-0.1, -0.05) is 72.8 Å². The Bertz CT molecular complexity index is 1770. The standard InChI is InChI=1S/C40H38O12/c1-3-47-39(45)37-38(40(46)48-4-2)52-32(42)22-50-36-29-15-8-16-30(36)20-26-12-6-10-24(34(26)44)18-28-14-7-13-27(35(28)49-21-31(41)51-37)17-23-9-5-11-25(19-29)33(23)43/h5-16,37-38,43-44H,3-4,17-22H2,1-2H3/t37-,38?/m0/s1. The molecule has 2 aliphatic heterocycles. The second-order valence-corrected chi connectivity index (χ2v) is 12.3. The largest absolute Gasteiger partial charge is 0.507 e. The molecule has 2 atom stereocenters. The summed E-state index contributed by atoms with van der Waals surface area (Å²) in [6.45, 7) is 1.31. The Balaban J connectivity index is 1.56. The van der Waals surface area contributed by atoms with E-state index in [0.717, 1.165) is 0 Å². The number of esters is 4. The fraction of sp³-hybridized carbons (Fsp3) is 0.300. The van der Waals surface area contributed by atoms with E-state index in [2.05, 4.69) is 0 Å². The summed E-state index contributed by atoms with van der Waals surface area (Å²) in [5.41, 5.74) is 4.79. The smallest absolute Gasteiger partial charge is 0.352 e. The van der Waals surface area contributed by atoms with Gasteiger partial charge in [-0.25, -0.2) is 19.2 Å². The molecule has 4 aromatic carbocycles. The molecule has 2 heterocycles. The van der Waals surface area contributed by atoms with Gasteiger partial charge < -0.3 is 38.6 Å². The van der Waals surface area contributed by atoms with Gasteiger partial charge in [-0.2, -0.15) is 0 Å². The molecular formula is C40H38O12. The van der Waals surface area contributed by atoms with Gasteiger partial charge in [0.05, 0.1) is 13.2 Å². The molecule has 1 unspecified atom stereocenters. The van der Waals surface area contributed by atoms with Crippen molar-refractivity contribution in [2.45, 2.75) is 51.7 Å². The van der Waals surface area contributed by atoms with Crippen molar-refractivity contribution in [3.63, 3.8) is 0 Å². The maximum atomic E-state index is 13.4. The van der Waals surface area contributed by atoms with Gasteiger partial charge in [0.1, 0.15) is 23.0 Å². The zero-order chi connectivity index (χ0) is 36.8. The lowest BCUT2D eigenvalue weighted by molar-refractivity contribution is -0.192. The predicted molar refractivity (Wildman–Crippen MR) is 184 cm³/mol. The Kier molecular flexibility index (Phi) is 10.9. The molecule has 10 bridgehead atoms. The van der Waals surface area contributed by atoms with Crippen LogP contribution in [-0.2, 0) is 63.8 Å². The van der Waals surface area contributed by atoms with E-state index in [0.29, 0.717) is 56.0 Å². The Hall–Kier alpha value is -6.04. The number of hydrogen-bond acceptors (Lipinski definition) is 12. The molecule has 12 heteroatoms. The molecule has 0 spiro atoms. The van der Waals surface area contributed by atoms with E-state index in [-0.39, 0.29) is 50.4 Å². The number of para-hydroxylation sites is 4. The minimum absolute atomic E-state index is 0.0523. The Morgan fingerprint density at radius 1 is 0.558 bits per heavy atom. The molecule has 52 heavy (non-hydrogen) atoms. The van der Waals surface area contributed by atoms with Crippen molar-refractivity contribution >= 4 is 23.9 Å². The third kappa shape index (κ3) is 7.80. The van der Waals surface area contributed by atoms with Crippen LogP contribution in [0, 0.1) is 0 Å². The molecule has 12 nitrogen and oxygen atoms in total. The van der Waals surface area contributed by atoms with E-state index < -0.39 is 49.3 Å². The number of hydrogen-bond donors (Lipinski definition) is 2. The first-order valence-corrected chi connectivity index (χ1v) is 17.0. The van der Waals surface area contributed by atoms with Crippen LogP contribution < -0.4 is 9.47 Å². The van der Waals surface area contributed by atoms with Crippen LogP contribution in [0.3, 0.4) is 0 Å². The molecule has 7 rings (SSSR count). The number of benzene rings is 4. The van der Waals surface area contributed by atoms with Crippen molar-refractivity contribution in [2.24, 2.45) is 0 Å². The van der Waals surface area contributed by atoms with Gasteiger partial charge in [0.25, 0.3) is 0 Å². The number of carbonyl (C=O) groups excluding carboxylic acids is 4. The number of phenolic OH excluding ortho intramolecular Hbond substituents is 2. The average molecular weight is 711 g/mol. The molecule has 0 amide bonds. The lowest BCUT2D eigenvalue weighted by atomic mass is 9.91. The van der Waals surface area contributed by atoms with E-state index in [4.69, 9.17) is 28.4 Å². The third-order valence-corrected chi connectivity index (χ3v) is 8.78. The average Bonchev–Trinajstić information content (AvgIpc) is 3.12. The highest BCUT2D eigenvalue weighted by atomic mass is 16.7. The molecule has 270 valence electrons. The van der Waals surface area contributed by atoms with Gasteiger partial charge in [0, 0.05) is 25.7 Å². The molecule has 0 saturated heterocycles. The number of aromatic hydroxyl groups is 2. The van der Waals surface area contributed by atoms with E-state index >= 15 is 0 Å². The van der Waals surface area contributed by atoms with Gasteiger partial charge in [-0.3, -0.25) is 0 Å². The SMILES string of the molecule is CCOC(=O)C1OC(=O)COc2c3cccc2Cc2cccc(c2O)Cc2cccc(c2OCC(=O)O[C@@H]1C(=O)OCC)Cc1cccc(c1O)C3. The van der Waals surface area contributed by atoms with Crippen molar-refractivity contribution in [3.05, 3.63) is 117 Å². The van der Waals surface area contributed by atoms with Gasteiger partial charge in [0.15, 0.2) is 13.2 Å². The van der Waals surface area contributed by atoms with Crippen LogP contribution in [0.5, 0.6) is 23.0 Å². The summed E-state index contributed by atoms with van der Waals surface area (Å²) < 4.78 is 33.4. The summed E-state index contributed by atoms with van der Waals surface area (Å²) in [6.07, 6.45) is -3.26. The Morgan fingerprint density at radius 2 is 0.846 bits per heavy atom. The maximum Gasteiger partial charge on any atom is 0.352 e.